The maximum atomic E-state index is 4.10. The highest BCUT2D eigenvalue weighted by Crippen LogP contribution is 2.00. The topological polar surface area (TPSA) is 29.9 Å². The van der Waals surface area contributed by atoms with Gasteiger partial charge in [0.1, 0.15) is 0 Å². The van der Waals surface area contributed by atoms with Crippen LogP contribution < -0.4 is 5.32 Å². The molecule has 14 heavy (non-hydrogen) atoms. The third kappa shape index (κ3) is 3.34. The van der Waals surface area contributed by atoms with Crippen LogP contribution in [0.2, 0.25) is 0 Å². The summed E-state index contributed by atoms with van der Waals surface area (Å²) >= 11 is 0. The second-order valence-electron chi connectivity index (χ2n) is 3.21. The molecule has 0 amide bonds. The molecule has 0 saturated carbocycles. The average Bonchev–Trinajstić information content (AvgIpc) is 2.65. The van der Waals surface area contributed by atoms with Gasteiger partial charge in [0.15, 0.2) is 0 Å². The monoisotopic (exact) mass is 193 g/mol. The first-order chi connectivity index (χ1) is 6.88. The smallest absolute Gasteiger partial charge is 0.0950 e. The van der Waals surface area contributed by atoms with Crippen molar-refractivity contribution in [3.8, 4) is 0 Å². The highest BCUT2D eigenvalue weighted by atomic mass is 15.0. The molecule has 0 spiro atoms. The molecule has 0 fully saturated rings. The number of nitrogens with one attached hydrogen (secondary N) is 1. The molecule has 0 aliphatic heterocycles. The fraction of sp³-hybridized carbons (Fsp3) is 0.545. The molecule has 0 unspecified atom stereocenters. The molecular weight excluding hydrogens is 174 g/mol. The first-order valence-corrected chi connectivity index (χ1v) is 5.25. The summed E-state index contributed by atoms with van der Waals surface area (Å²) in [5, 5.41) is 3.32. The average molecular weight is 193 g/mol. The molecule has 1 aromatic rings. The summed E-state index contributed by atoms with van der Waals surface area (Å²) in [6.07, 6.45) is 9.18. The predicted octanol–water partition coefficient (Wildman–Crippen LogP) is 1.92. The Balaban J connectivity index is 2.35. The van der Waals surface area contributed by atoms with Gasteiger partial charge in [-0.1, -0.05) is 13.0 Å². The summed E-state index contributed by atoms with van der Waals surface area (Å²) in [5.41, 5.74) is 1.17. The Morgan fingerprint density at radius 3 is 3.07 bits per heavy atom. The van der Waals surface area contributed by atoms with Crippen LogP contribution in [0.5, 0.6) is 0 Å². The molecule has 0 radical (unpaired) electrons. The van der Waals surface area contributed by atoms with E-state index in [4.69, 9.17) is 0 Å². The first-order valence-electron chi connectivity index (χ1n) is 5.25. The Bertz CT molecular complexity index is 276. The van der Waals surface area contributed by atoms with Gasteiger partial charge in [0.2, 0.25) is 0 Å². The summed E-state index contributed by atoms with van der Waals surface area (Å²) in [6.45, 7) is 7.28. The van der Waals surface area contributed by atoms with Crippen molar-refractivity contribution in [1.29, 1.82) is 0 Å². The van der Waals surface area contributed by atoms with E-state index in [1.54, 1.807) is 0 Å². The molecule has 0 atom stereocenters. The summed E-state index contributed by atoms with van der Waals surface area (Å²) in [7, 11) is 0. The molecule has 3 nitrogen and oxygen atoms in total. The Hall–Kier alpha value is -1.09. The lowest BCUT2D eigenvalue weighted by Gasteiger charge is -1.99. The second-order valence-corrected chi connectivity index (χ2v) is 3.21. The van der Waals surface area contributed by atoms with Crippen molar-refractivity contribution in [2.45, 2.75) is 26.8 Å². The van der Waals surface area contributed by atoms with E-state index in [1.165, 1.54) is 12.1 Å². The van der Waals surface area contributed by atoms with Gasteiger partial charge in [-0.15, -0.1) is 0 Å². The molecule has 0 aliphatic carbocycles. The molecule has 1 rings (SSSR count). The number of aromatic nitrogens is 2. The van der Waals surface area contributed by atoms with E-state index >= 15 is 0 Å². The van der Waals surface area contributed by atoms with Crippen LogP contribution >= 0.6 is 0 Å². The van der Waals surface area contributed by atoms with Crippen molar-refractivity contribution in [3.05, 3.63) is 24.3 Å². The highest BCUT2D eigenvalue weighted by molar-refractivity contribution is 5.43. The molecule has 78 valence electrons. The van der Waals surface area contributed by atoms with Crippen LogP contribution in [0.3, 0.4) is 0 Å². The largest absolute Gasteiger partial charge is 0.331 e. The number of hydrogen-bond donors (Lipinski definition) is 1. The fourth-order valence-electron chi connectivity index (χ4n) is 1.28. The van der Waals surface area contributed by atoms with Crippen molar-refractivity contribution in [2.24, 2.45) is 0 Å². The Kier molecular flexibility index (Phi) is 5.00. The molecular formula is C11H19N3. The Labute approximate surface area is 85.8 Å². The molecule has 3 heteroatoms. The lowest BCUT2D eigenvalue weighted by Crippen LogP contribution is -2.13. The zero-order valence-electron chi connectivity index (χ0n) is 9.03. The van der Waals surface area contributed by atoms with E-state index in [0.717, 1.165) is 19.6 Å². The fourth-order valence-corrected chi connectivity index (χ4v) is 1.28. The minimum atomic E-state index is 0.933. The third-order valence-electron chi connectivity index (χ3n) is 2.06. The minimum absolute atomic E-state index is 0.933. The van der Waals surface area contributed by atoms with Gasteiger partial charge < -0.3 is 9.88 Å². The number of aryl methyl sites for hydroxylation is 1. The van der Waals surface area contributed by atoms with E-state index in [9.17, 15) is 0 Å². The maximum Gasteiger partial charge on any atom is 0.0950 e. The highest BCUT2D eigenvalue weighted by Gasteiger charge is 1.93. The zero-order valence-corrected chi connectivity index (χ0v) is 9.03. The van der Waals surface area contributed by atoms with Crippen LogP contribution in [0, 0.1) is 0 Å². The van der Waals surface area contributed by atoms with Crippen molar-refractivity contribution < 1.29 is 0 Å². The number of imidazole rings is 1. The predicted molar refractivity (Wildman–Crippen MR) is 60.1 cm³/mol. The van der Waals surface area contributed by atoms with Crippen molar-refractivity contribution in [1.82, 2.24) is 14.9 Å². The number of hydrogen-bond acceptors (Lipinski definition) is 2. The Morgan fingerprint density at radius 2 is 2.36 bits per heavy atom. The standard InChI is InChI=1S/C11H19N3/c1-3-7-12-8-5-6-11-9-13-10-14(11)4-2/h5-6,9-10,12H,3-4,7-8H2,1-2H3. The van der Waals surface area contributed by atoms with Crippen LogP contribution in [-0.2, 0) is 6.54 Å². The van der Waals surface area contributed by atoms with Gasteiger partial charge >= 0.3 is 0 Å². The normalized spacial score (nSPS) is 11.3. The SMILES string of the molecule is CCCNCC=Cc1cncn1CC. The summed E-state index contributed by atoms with van der Waals surface area (Å²) < 4.78 is 2.12. The van der Waals surface area contributed by atoms with E-state index in [-0.39, 0.29) is 0 Å². The molecule has 1 N–H and O–H groups in total. The van der Waals surface area contributed by atoms with Crippen molar-refractivity contribution in [3.63, 3.8) is 0 Å². The number of nitrogens with zero attached hydrogens (tertiary/aromatic N) is 2. The lowest BCUT2D eigenvalue weighted by molar-refractivity contribution is 0.728. The van der Waals surface area contributed by atoms with Gasteiger partial charge in [-0.25, -0.2) is 4.98 Å². The molecule has 0 aromatic carbocycles. The molecule has 0 aliphatic rings. The van der Waals surface area contributed by atoms with Gasteiger partial charge in [0.05, 0.1) is 18.2 Å². The van der Waals surface area contributed by atoms with E-state index in [2.05, 4.69) is 40.9 Å². The van der Waals surface area contributed by atoms with E-state index < -0.39 is 0 Å². The number of rotatable bonds is 6. The van der Waals surface area contributed by atoms with Crippen LogP contribution in [0.1, 0.15) is 26.0 Å². The summed E-state index contributed by atoms with van der Waals surface area (Å²) in [5.74, 6) is 0. The third-order valence-corrected chi connectivity index (χ3v) is 2.06. The van der Waals surface area contributed by atoms with Crippen molar-refractivity contribution >= 4 is 6.08 Å². The second kappa shape index (κ2) is 6.38. The lowest BCUT2D eigenvalue weighted by atomic mass is 10.4. The molecule has 0 saturated heterocycles. The molecule has 0 bridgehead atoms. The Morgan fingerprint density at radius 1 is 1.50 bits per heavy atom. The van der Waals surface area contributed by atoms with E-state index in [1.807, 2.05) is 12.5 Å². The van der Waals surface area contributed by atoms with Crippen LogP contribution in [-0.4, -0.2) is 22.6 Å². The van der Waals surface area contributed by atoms with Gasteiger partial charge in [0, 0.05) is 13.1 Å². The summed E-state index contributed by atoms with van der Waals surface area (Å²) in [4.78, 5) is 4.10. The minimum Gasteiger partial charge on any atom is -0.331 e. The summed E-state index contributed by atoms with van der Waals surface area (Å²) in [6, 6.07) is 0. The van der Waals surface area contributed by atoms with Crippen LogP contribution in [0.25, 0.3) is 6.08 Å². The van der Waals surface area contributed by atoms with Gasteiger partial charge in [0.25, 0.3) is 0 Å². The first kappa shape index (κ1) is 11.0. The maximum absolute atomic E-state index is 4.10. The van der Waals surface area contributed by atoms with Gasteiger partial charge in [-0.3, -0.25) is 0 Å². The van der Waals surface area contributed by atoms with Crippen molar-refractivity contribution in [2.75, 3.05) is 13.1 Å². The van der Waals surface area contributed by atoms with Crippen LogP contribution in [0.15, 0.2) is 18.6 Å². The zero-order chi connectivity index (χ0) is 10.2. The van der Waals surface area contributed by atoms with Gasteiger partial charge in [-0.2, -0.15) is 0 Å². The quantitative estimate of drug-likeness (QED) is 0.699. The van der Waals surface area contributed by atoms with Crippen LogP contribution in [0.4, 0.5) is 0 Å². The molecule has 1 aromatic heterocycles. The van der Waals surface area contributed by atoms with E-state index in [0.29, 0.717) is 0 Å². The van der Waals surface area contributed by atoms with Gasteiger partial charge in [-0.05, 0) is 26.0 Å². The molecule has 1 heterocycles.